The summed E-state index contributed by atoms with van der Waals surface area (Å²) in [4.78, 5) is 2.41. The Kier molecular flexibility index (Phi) is 5.82. The van der Waals surface area contributed by atoms with E-state index in [-0.39, 0.29) is 0 Å². The largest absolute Gasteiger partial charge is 0.480 e. The monoisotopic (exact) mass is 331 g/mol. The number of likely N-dealkylation sites (tertiary alicyclic amines) is 1. The number of aliphatic hydroxyl groups is 1. The van der Waals surface area contributed by atoms with Gasteiger partial charge in [0.25, 0.3) is 0 Å². The molecule has 2 aromatic rings. The Labute approximate surface area is 142 Å². The maximum Gasteiger partial charge on any atom is 0.233 e. The van der Waals surface area contributed by atoms with Crippen molar-refractivity contribution in [3.63, 3.8) is 0 Å². The number of furan rings is 1. The van der Waals surface area contributed by atoms with Crippen LogP contribution in [0.1, 0.15) is 49.7 Å². The second-order valence-electron chi connectivity index (χ2n) is 6.31. The molecule has 0 aromatic carbocycles. The molecule has 2 atom stereocenters. The molecule has 1 fully saturated rings. The van der Waals surface area contributed by atoms with Crippen LogP contribution in [0, 0.1) is 0 Å². The molecule has 0 amide bonds. The lowest BCUT2D eigenvalue weighted by Crippen LogP contribution is -2.35. The summed E-state index contributed by atoms with van der Waals surface area (Å²) in [7, 11) is 1.59. The van der Waals surface area contributed by atoms with Crippen molar-refractivity contribution < 1.29 is 14.3 Å². The van der Waals surface area contributed by atoms with E-state index in [1.807, 2.05) is 24.3 Å². The third-order valence-corrected chi connectivity index (χ3v) is 4.64. The number of ether oxygens (including phenoxy) is 1. The Bertz CT molecular complexity index is 600. The summed E-state index contributed by atoms with van der Waals surface area (Å²) in [5.74, 6) is 1.17. The highest BCUT2D eigenvalue weighted by molar-refractivity contribution is 5.11. The van der Waals surface area contributed by atoms with Crippen LogP contribution in [0.5, 0.6) is 5.88 Å². The maximum absolute atomic E-state index is 10.4. The van der Waals surface area contributed by atoms with Gasteiger partial charge in [-0.25, -0.2) is 0 Å². The molecule has 0 saturated carbocycles. The van der Waals surface area contributed by atoms with Gasteiger partial charge in [-0.05, 0) is 44.0 Å². The number of hydrogen-bond acceptors (Lipinski definition) is 6. The molecule has 0 spiro atoms. The molecule has 1 aliphatic heterocycles. The SMILES string of the molecule is COc1ccc(CN2CCCCCC2CC(O)c2ccco2)nn1. The van der Waals surface area contributed by atoms with Crippen molar-refractivity contribution in [1.82, 2.24) is 15.1 Å². The summed E-state index contributed by atoms with van der Waals surface area (Å²) in [6.45, 7) is 1.76. The van der Waals surface area contributed by atoms with Crippen molar-refractivity contribution in [1.29, 1.82) is 0 Å². The van der Waals surface area contributed by atoms with Crippen molar-refractivity contribution in [3.8, 4) is 5.88 Å². The molecule has 6 heteroatoms. The fourth-order valence-electron chi connectivity index (χ4n) is 3.32. The molecule has 2 aromatic heterocycles. The van der Waals surface area contributed by atoms with Crippen LogP contribution in [0.15, 0.2) is 34.9 Å². The van der Waals surface area contributed by atoms with Crippen LogP contribution in [0.2, 0.25) is 0 Å². The molecule has 3 rings (SSSR count). The number of aromatic nitrogens is 2. The molecule has 3 heterocycles. The Balaban J connectivity index is 1.67. The van der Waals surface area contributed by atoms with E-state index in [9.17, 15) is 5.11 Å². The lowest BCUT2D eigenvalue weighted by molar-refractivity contribution is 0.0823. The quantitative estimate of drug-likeness (QED) is 0.877. The first-order valence-electron chi connectivity index (χ1n) is 8.58. The molecule has 1 aliphatic rings. The number of aliphatic hydroxyl groups excluding tert-OH is 1. The minimum atomic E-state index is -0.562. The molecule has 0 aliphatic carbocycles. The van der Waals surface area contributed by atoms with Gasteiger partial charge in [0.2, 0.25) is 5.88 Å². The first kappa shape index (κ1) is 16.9. The van der Waals surface area contributed by atoms with Gasteiger partial charge in [-0.1, -0.05) is 12.8 Å². The zero-order valence-electron chi connectivity index (χ0n) is 14.1. The average molecular weight is 331 g/mol. The summed E-state index contributed by atoms with van der Waals surface area (Å²) >= 11 is 0. The Morgan fingerprint density at radius 1 is 1.29 bits per heavy atom. The van der Waals surface area contributed by atoms with E-state index < -0.39 is 6.10 Å². The highest BCUT2D eigenvalue weighted by Crippen LogP contribution is 2.27. The molecule has 130 valence electrons. The van der Waals surface area contributed by atoms with Crippen molar-refractivity contribution in [2.75, 3.05) is 13.7 Å². The van der Waals surface area contributed by atoms with E-state index in [4.69, 9.17) is 9.15 Å². The molecule has 0 radical (unpaired) electrons. The lowest BCUT2D eigenvalue weighted by Gasteiger charge is -2.30. The van der Waals surface area contributed by atoms with E-state index in [1.54, 1.807) is 13.4 Å². The zero-order chi connectivity index (χ0) is 16.8. The number of hydrogen-bond donors (Lipinski definition) is 1. The first-order chi connectivity index (χ1) is 11.8. The predicted octanol–water partition coefficient (Wildman–Crippen LogP) is 2.95. The summed E-state index contributed by atoms with van der Waals surface area (Å²) in [6.07, 6.45) is 6.41. The van der Waals surface area contributed by atoms with E-state index in [0.717, 1.165) is 25.2 Å². The zero-order valence-corrected chi connectivity index (χ0v) is 14.1. The lowest BCUT2D eigenvalue weighted by atomic mass is 10.0. The molecule has 24 heavy (non-hydrogen) atoms. The third kappa shape index (κ3) is 4.33. The van der Waals surface area contributed by atoms with Crippen molar-refractivity contribution in [2.45, 2.75) is 50.8 Å². The van der Waals surface area contributed by atoms with Crippen LogP contribution in [-0.2, 0) is 6.54 Å². The molecule has 0 bridgehead atoms. The fourth-order valence-corrected chi connectivity index (χ4v) is 3.32. The maximum atomic E-state index is 10.4. The molecular formula is C18H25N3O3. The Hall–Kier alpha value is -1.92. The average Bonchev–Trinajstić information content (AvgIpc) is 3.07. The van der Waals surface area contributed by atoms with E-state index >= 15 is 0 Å². The van der Waals surface area contributed by atoms with Gasteiger partial charge in [0.1, 0.15) is 11.9 Å². The number of rotatable bonds is 6. The smallest absolute Gasteiger partial charge is 0.233 e. The van der Waals surface area contributed by atoms with Gasteiger partial charge in [0.15, 0.2) is 0 Å². The molecule has 1 saturated heterocycles. The van der Waals surface area contributed by atoms with Gasteiger partial charge >= 0.3 is 0 Å². The van der Waals surface area contributed by atoms with E-state index in [1.165, 1.54) is 19.3 Å². The Morgan fingerprint density at radius 3 is 2.92 bits per heavy atom. The van der Waals surface area contributed by atoms with Gasteiger partial charge in [0, 0.05) is 18.7 Å². The van der Waals surface area contributed by atoms with Crippen LogP contribution in [0.4, 0.5) is 0 Å². The van der Waals surface area contributed by atoms with Gasteiger partial charge in [-0.2, -0.15) is 5.10 Å². The Morgan fingerprint density at radius 2 is 2.21 bits per heavy atom. The second kappa shape index (κ2) is 8.26. The first-order valence-corrected chi connectivity index (χ1v) is 8.58. The van der Waals surface area contributed by atoms with E-state index in [0.29, 0.717) is 24.1 Å². The summed E-state index contributed by atoms with van der Waals surface area (Å²) < 4.78 is 10.4. The molecule has 6 nitrogen and oxygen atoms in total. The van der Waals surface area contributed by atoms with Crippen LogP contribution in [-0.4, -0.2) is 39.9 Å². The number of nitrogens with zero attached hydrogens (tertiary/aromatic N) is 3. The van der Waals surface area contributed by atoms with Crippen molar-refractivity contribution in [2.24, 2.45) is 0 Å². The van der Waals surface area contributed by atoms with Crippen molar-refractivity contribution >= 4 is 0 Å². The highest BCUT2D eigenvalue weighted by atomic mass is 16.5. The summed E-state index contributed by atoms with van der Waals surface area (Å²) in [5, 5.41) is 18.7. The minimum Gasteiger partial charge on any atom is -0.480 e. The molecular weight excluding hydrogens is 306 g/mol. The van der Waals surface area contributed by atoms with Crippen LogP contribution < -0.4 is 4.74 Å². The van der Waals surface area contributed by atoms with Gasteiger partial charge in [-0.3, -0.25) is 4.90 Å². The fraction of sp³-hybridized carbons (Fsp3) is 0.556. The predicted molar refractivity (Wildman–Crippen MR) is 89.5 cm³/mol. The normalized spacial score (nSPS) is 20.5. The van der Waals surface area contributed by atoms with Gasteiger partial charge in [0.05, 0.1) is 19.1 Å². The van der Waals surface area contributed by atoms with Crippen molar-refractivity contribution in [3.05, 3.63) is 42.0 Å². The van der Waals surface area contributed by atoms with Crippen LogP contribution in [0.3, 0.4) is 0 Å². The van der Waals surface area contributed by atoms with Gasteiger partial charge < -0.3 is 14.3 Å². The highest BCUT2D eigenvalue weighted by Gasteiger charge is 2.25. The third-order valence-electron chi connectivity index (χ3n) is 4.64. The van der Waals surface area contributed by atoms with Crippen LogP contribution in [0.25, 0.3) is 0 Å². The second-order valence-corrected chi connectivity index (χ2v) is 6.31. The van der Waals surface area contributed by atoms with E-state index in [2.05, 4.69) is 15.1 Å². The van der Waals surface area contributed by atoms with Crippen LogP contribution >= 0.6 is 0 Å². The minimum absolute atomic E-state index is 0.316. The number of methoxy groups -OCH3 is 1. The molecule has 1 N–H and O–H groups in total. The standard InChI is InChI=1S/C18H25N3O3/c1-23-18-9-8-14(19-20-18)13-21-10-4-2-3-6-15(21)12-16(22)17-7-5-11-24-17/h5,7-9,11,15-16,22H,2-4,6,10,12-13H2,1H3. The summed E-state index contributed by atoms with van der Waals surface area (Å²) in [5.41, 5.74) is 0.926. The van der Waals surface area contributed by atoms with Gasteiger partial charge in [-0.15, -0.1) is 5.10 Å². The topological polar surface area (TPSA) is 71.6 Å². The molecule has 2 unspecified atom stereocenters. The summed E-state index contributed by atoms with van der Waals surface area (Å²) in [6, 6.07) is 7.76.